The van der Waals surface area contributed by atoms with E-state index in [-0.39, 0.29) is 6.54 Å². The summed E-state index contributed by atoms with van der Waals surface area (Å²) in [7, 11) is 1.67. The van der Waals surface area contributed by atoms with Crippen LogP contribution in [0.1, 0.15) is 5.69 Å². The van der Waals surface area contributed by atoms with Crippen LogP contribution in [0.4, 0.5) is 5.82 Å². The van der Waals surface area contributed by atoms with Gasteiger partial charge in [0.05, 0.1) is 12.7 Å². The number of likely N-dealkylation sites (N-methyl/N-ethyl adjacent to an activating group) is 1. The highest BCUT2D eigenvalue weighted by atomic mass is 16.4. The minimum absolute atomic E-state index is 0.0468. The van der Waals surface area contributed by atoms with Gasteiger partial charge in [0.2, 0.25) is 0 Å². The lowest BCUT2D eigenvalue weighted by molar-refractivity contribution is -0.112. The second kappa shape index (κ2) is 7.15. The van der Waals surface area contributed by atoms with Crippen LogP contribution in [-0.2, 0) is 0 Å². The van der Waals surface area contributed by atoms with Crippen molar-refractivity contribution in [1.82, 2.24) is 19.6 Å². The number of nitrogens with zero attached hydrogens (tertiary/aromatic N) is 5. The lowest BCUT2D eigenvalue weighted by atomic mass is 10.0. The topological polar surface area (TPSA) is 147 Å². The van der Waals surface area contributed by atoms with Crippen LogP contribution in [0.25, 0.3) is 5.78 Å². The first-order chi connectivity index (χ1) is 10.8. The largest absolute Gasteiger partial charge is 0.394 e. The molecule has 0 aromatic carbocycles. The standard InChI is InChI=1S/C13H21N5O5/c1-7-3-10(18-13(16-7)14-6-15-18)17(2)4-8(20)11(22)12(23)9(21)5-19/h3,6,8-9,11-12,19-23H,4-5H2,1-2H3/t8-,9-,11-,12+/m0/s1. The monoisotopic (exact) mass is 327 g/mol. The Morgan fingerprint density at radius 2 is 1.83 bits per heavy atom. The van der Waals surface area contributed by atoms with Gasteiger partial charge in [-0.1, -0.05) is 0 Å². The van der Waals surface area contributed by atoms with E-state index in [4.69, 9.17) is 5.11 Å². The van der Waals surface area contributed by atoms with Gasteiger partial charge >= 0.3 is 0 Å². The van der Waals surface area contributed by atoms with E-state index in [1.54, 1.807) is 24.9 Å². The molecule has 4 atom stereocenters. The first-order valence-electron chi connectivity index (χ1n) is 7.06. The Balaban J connectivity index is 2.14. The van der Waals surface area contributed by atoms with Crippen molar-refractivity contribution in [3.63, 3.8) is 0 Å². The zero-order chi connectivity index (χ0) is 17.1. The third-order valence-electron chi connectivity index (χ3n) is 3.54. The molecule has 10 heteroatoms. The van der Waals surface area contributed by atoms with Crippen LogP contribution in [0.2, 0.25) is 0 Å². The lowest BCUT2D eigenvalue weighted by Crippen LogP contribution is -2.49. The van der Waals surface area contributed by atoms with Gasteiger partial charge in [0.15, 0.2) is 0 Å². The molecule has 0 amide bonds. The fourth-order valence-electron chi connectivity index (χ4n) is 2.23. The molecule has 0 aliphatic heterocycles. The molecule has 0 saturated carbocycles. The van der Waals surface area contributed by atoms with E-state index < -0.39 is 31.0 Å². The number of aliphatic hydroxyl groups excluding tert-OH is 5. The minimum Gasteiger partial charge on any atom is -0.394 e. The second-order valence-corrected chi connectivity index (χ2v) is 5.41. The van der Waals surface area contributed by atoms with E-state index in [0.717, 1.165) is 0 Å². The quantitative estimate of drug-likeness (QED) is 0.366. The number of rotatable bonds is 7. The molecule has 5 N–H and O–H groups in total. The van der Waals surface area contributed by atoms with Gasteiger partial charge in [-0.2, -0.15) is 14.6 Å². The number of aromatic nitrogens is 4. The van der Waals surface area contributed by atoms with E-state index in [0.29, 0.717) is 17.3 Å². The van der Waals surface area contributed by atoms with E-state index in [2.05, 4.69) is 15.1 Å². The molecule has 2 aromatic heterocycles. The fourth-order valence-corrected chi connectivity index (χ4v) is 2.23. The van der Waals surface area contributed by atoms with Crippen LogP contribution in [0.15, 0.2) is 12.4 Å². The summed E-state index contributed by atoms with van der Waals surface area (Å²) < 4.78 is 1.48. The molecule has 0 unspecified atom stereocenters. The summed E-state index contributed by atoms with van der Waals surface area (Å²) in [6.07, 6.45) is -4.81. The van der Waals surface area contributed by atoms with Crippen molar-refractivity contribution < 1.29 is 25.5 Å². The molecule has 23 heavy (non-hydrogen) atoms. The summed E-state index contributed by atoms with van der Waals surface area (Å²) in [5.41, 5.74) is 0.707. The predicted molar refractivity (Wildman–Crippen MR) is 79.9 cm³/mol. The highest BCUT2D eigenvalue weighted by Gasteiger charge is 2.31. The van der Waals surface area contributed by atoms with Crippen molar-refractivity contribution >= 4 is 11.6 Å². The highest BCUT2D eigenvalue weighted by Crippen LogP contribution is 2.16. The van der Waals surface area contributed by atoms with E-state index >= 15 is 0 Å². The fraction of sp³-hybridized carbons (Fsp3) is 0.615. The number of hydrogen-bond acceptors (Lipinski definition) is 9. The summed E-state index contributed by atoms with van der Waals surface area (Å²) >= 11 is 0. The number of hydrogen-bond donors (Lipinski definition) is 5. The molecule has 10 nitrogen and oxygen atoms in total. The molecule has 2 rings (SSSR count). The van der Waals surface area contributed by atoms with Crippen molar-refractivity contribution in [2.75, 3.05) is 25.1 Å². The molecule has 2 aromatic rings. The third kappa shape index (κ3) is 3.74. The van der Waals surface area contributed by atoms with Crippen molar-refractivity contribution in [1.29, 1.82) is 0 Å². The predicted octanol–water partition coefficient (Wildman–Crippen LogP) is -2.70. The molecule has 2 heterocycles. The minimum atomic E-state index is -1.66. The number of anilines is 1. The normalized spacial score (nSPS) is 17.0. The summed E-state index contributed by atoms with van der Waals surface area (Å²) in [5, 5.41) is 51.7. The first-order valence-corrected chi connectivity index (χ1v) is 7.06. The zero-order valence-corrected chi connectivity index (χ0v) is 12.9. The van der Waals surface area contributed by atoms with Crippen LogP contribution in [0, 0.1) is 6.92 Å². The van der Waals surface area contributed by atoms with E-state index in [1.807, 2.05) is 0 Å². The molecule has 0 bridgehead atoms. The van der Waals surface area contributed by atoms with Crippen molar-refractivity contribution in [2.45, 2.75) is 31.3 Å². The van der Waals surface area contributed by atoms with Gasteiger partial charge in [0.1, 0.15) is 30.5 Å². The Kier molecular flexibility index (Phi) is 5.44. The Hall–Kier alpha value is -1.85. The number of aliphatic hydroxyl groups is 5. The van der Waals surface area contributed by atoms with Crippen molar-refractivity contribution in [2.24, 2.45) is 0 Å². The molecular weight excluding hydrogens is 306 g/mol. The summed E-state index contributed by atoms with van der Waals surface area (Å²) in [6, 6.07) is 1.74. The van der Waals surface area contributed by atoms with Crippen LogP contribution in [-0.4, -0.2) is 89.7 Å². The molecule has 0 fully saturated rings. The van der Waals surface area contributed by atoms with Gasteiger partial charge in [-0.15, -0.1) is 0 Å². The summed E-state index contributed by atoms with van der Waals surface area (Å²) in [6.45, 7) is 1.03. The van der Waals surface area contributed by atoms with Gasteiger partial charge in [0, 0.05) is 25.4 Å². The lowest BCUT2D eigenvalue weighted by Gasteiger charge is -2.29. The van der Waals surface area contributed by atoms with Gasteiger partial charge < -0.3 is 30.4 Å². The van der Waals surface area contributed by atoms with Crippen LogP contribution < -0.4 is 4.90 Å². The van der Waals surface area contributed by atoms with Crippen molar-refractivity contribution in [3.05, 3.63) is 18.1 Å². The average Bonchev–Trinajstić information content (AvgIpc) is 2.99. The molecule has 0 aliphatic carbocycles. The maximum absolute atomic E-state index is 10.1. The molecule has 128 valence electrons. The Bertz CT molecular complexity index is 651. The number of fused-ring (bicyclic) bond motifs is 1. The van der Waals surface area contributed by atoms with E-state index in [9.17, 15) is 20.4 Å². The molecular formula is C13H21N5O5. The smallest absolute Gasteiger partial charge is 0.254 e. The number of aryl methyl sites for hydroxylation is 1. The zero-order valence-electron chi connectivity index (χ0n) is 12.9. The average molecular weight is 327 g/mol. The summed E-state index contributed by atoms with van der Waals surface area (Å²) in [5.74, 6) is 0.992. The summed E-state index contributed by atoms with van der Waals surface area (Å²) in [4.78, 5) is 9.82. The Morgan fingerprint density at radius 3 is 2.48 bits per heavy atom. The van der Waals surface area contributed by atoms with Crippen LogP contribution in [0.5, 0.6) is 0 Å². The first kappa shape index (κ1) is 17.5. The van der Waals surface area contributed by atoms with Crippen LogP contribution >= 0.6 is 0 Å². The Labute approximate surface area is 132 Å². The molecule has 0 spiro atoms. The van der Waals surface area contributed by atoms with Crippen LogP contribution in [0.3, 0.4) is 0 Å². The van der Waals surface area contributed by atoms with Gasteiger partial charge in [0.25, 0.3) is 5.78 Å². The Morgan fingerprint density at radius 1 is 1.17 bits per heavy atom. The second-order valence-electron chi connectivity index (χ2n) is 5.41. The van der Waals surface area contributed by atoms with Gasteiger partial charge in [-0.3, -0.25) is 0 Å². The SMILES string of the molecule is Cc1cc(N(C)C[C@H](O)[C@H](O)[C@H](O)[C@@H](O)CO)n2ncnc2n1. The highest BCUT2D eigenvalue weighted by molar-refractivity contribution is 5.46. The van der Waals surface area contributed by atoms with E-state index in [1.165, 1.54) is 10.8 Å². The molecule has 0 radical (unpaired) electrons. The van der Waals surface area contributed by atoms with Crippen molar-refractivity contribution in [3.8, 4) is 0 Å². The molecule has 0 aliphatic rings. The molecule has 0 saturated heterocycles. The van der Waals surface area contributed by atoms with Gasteiger partial charge in [-0.05, 0) is 6.92 Å². The van der Waals surface area contributed by atoms with Gasteiger partial charge in [-0.25, -0.2) is 4.98 Å². The maximum Gasteiger partial charge on any atom is 0.254 e. The third-order valence-corrected chi connectivity index (χ3v) is 3.54. The maximum atomic E-state index is 10.1.